The second-order valence-corrected chi connectivity index (χ2v) is 5.36. The Labute approximate surface area is 112 Å². The Balaban J connectivity index is 2.29. The van der Waals surface area contributed by atoms with Gasteiger partial charge in [-0.1, -0.05) is 24.0 Å². The van der Waals surface area contributed by atoms with Gasteiger partial charge in [-0.25, -0.2) is 13.8 Å². The maximum Gasteiger partial charge on any atom is 0.168 e. The first-order valence-electron chi connectivity index (χ1n) is 5.21. The van der Waals surface area contributed by atoms with E-state index in [0.717, 1.165) is 12.1 Å². The number of imidazole rings is 1. The Kier molecular flexibility index (Phi) is 3.82. The Morgan fingerprint density at radius 1 is 1.44 bits per heavy atom. The van der Waals surface area contributed by atoms with Crippen LogP contribution in [0.4, 0.5) is 8.78 Å². The molecule has 18 heavy (non-hydrogen) atoms. The molecule has 1 heterocycles. The van der Waals surface area contributed by atoms with Crippen LogP contribution in [0.1, 0.15) is 6.42 Å². The number of hydrogen-bond donors (Lipinski definition) is 1. The van der Waals surface area contributed by atoms with Crippen molar-refractivity contribution < 1.29 is 8.78 Å². The Morgan fingerprint density at radius 3 is 2.78 bits per heavy atom. The van der Waals surface area contributed by atoms with E-state index in [1.54, 1.807) is 11.6 Å². The van der Waals surface area contributed by atoms with Gasteiger partial charge in [-0.05, 0) is 0 Å². The van der Waals surface area contributed by atoms with Crippen molar-refractivity contribution in [3.63, 3.8) is 0 Å². The highest BCUT2D eigenvalue weighted by atomic mass is 32.2. The number of rotatable bonds is 4. The van der Waals surface area contributed by atoms with E-state index in [1.165, 1.54) is 11.8 Å². The van der Waals surface area contributed by atoms with Crippen LogP contribution in [0, 0.1) is 11.6 Å². The number of aryl methyl sites for hydroxylation is 1. The molecule has 0 spiro atoms. The molecule has 0 amide bonds. The fraction of sp³-hybridized carbons (Fsp3) is 0.273. The molecule has 0 saturated heterocycles. The molecule has 0 aliphatic carbocycles. The van der Waals surface area contributed by atoms with E-state index >= 15 is 0 Å². The summed E-state index contributed by atoms with van der Waals surface area (Å²) in [5.41, 5.74) is 6.40. The molecule has 1 aromatic heterocycles. The minimum Gasteiger partial charge on any atom is -0.393 e. The van der Waals surface area contributed by atoms with Gasteiger partial charge in [0.1, 0.15) is 0 Å². The fourth-order valence-electron chi connectivity index (χ4n) is 1.54. The van der Waals surface area contributed by atoms with Gasteiger partial charge in [0.05, 0.1) is 16.0 Å². The van der Waals surface area contributed by atoms with Crippen LogP contribution in [0.25, 0.3) is 11.0 Å². The molecule has 0 unspecified atom stereocenters. The summed E-state index contributed by atoms with van der Waals surface area (Å²) in [6.07, 6.45) is 0.603. The lowest BCUT2D eigenvalue weighted by molar-refractivity contribution is 0.510. The van der Waals surface area contributed by atoms with Crippen molar-refractivity contribution in [2.75, 3.05) is 5.75 Å². The number of hydrogen-bond acceptors (Lipinski definition) is 3. The number of nitrogens with zero attached hydrogens (tertiary/aromatic N) is 2. The Hall–Kier alpha value is -1.21. The van der Waals surface area contributed by atoms with E-state index < -0.39 is 11.6 Å². The lowest BCUT2D eigenvalue weighted by Crippen LogP contribution is -2.08. The highest BCUT2D eigenvalue weighted by molar-refractivity contribution is 7.99. The average Bonchev–Trinajstić information content (AvgIpc) is 2.57. The molecule has 3 nitrogen and oxygen atoms in total. The maximum atomic E-state index is 13.1. The lowest BCUT2D eigenvalue weighted by atomic mass is 10.3. The van der Waals surface area contributed by atoms with E-state index in [4.69, 9.17) is 18.0 Å². The summed E-state index contributed by atoms with van der Waals surface area (Å²) in [5, 5.41) is 0.686. The number of aromatic nitrogens is 2. The van der Waals surface area contributed by atoms with E-state index in [0.29, 0.717) is 33.4 Å². The van der Waals surface area contributed by atoms with Gasteiger partial charge in [0.25, 0.3) is 0 Å². The zero-order chi connectivity index (χ0) is 13.3. The summed E-state index contributed by atoms with van der Waals surface area (Å²) in [5.74, 6) is -1.07. The normalized spacial score (nSPS) is 11.1. The molecule has 0 fully saturated rings. The zero-order valence-corrected chi connectivity index (χ0v) is 11.2. The van der Waals surface area contributed by atoms with Crippen LogP contribution in [-0.4, -0.2) is 20.3 Å². The smallest absolute Gasteiger partial charge is 0.168 e. The molecule has 1 aromatic carbocycles. The van der Waals surface area contributed by atoms with Crippen LogP contribution in [0.2, 0.25) is 0 Å². The average molecular weight is 287 g/mol. The van der Waals surface area contributed by atoms with E-state index in [2.05, 4.69) is 4.98 Å². The third-order valence-electron chi connectivity index (χ3n) is 2.46. The van der Waals surface area contributed by atoms with Crippen LogP contribution in [-0.2, 0) is 7.05 Å². The highest BCUT2D eigenvalue weighted by Gasteiger charge is 2.12. The number of nitrogens with two attached hydrogens (primary N) is 1. The minimum atomic E-state index is -0.889. The van der Waals surface area contributed by atoms with Gasteiger partial charge in [0, 0.05) is 31.4 Å². The first-order valence-corrected chi connectivity index (χ1v) is 6.61. The number of thioether (sulfide) groups is 1. The quantitative estimate of drug-likeness (QED) is 0.693. The summed E-state index contributed by atoms with van der Waals surface area (Å²) < 4.78 is 27.9. The molecule has 2 rings (SSSR count). The summed E-state index contributed by atoms with van der Waals surface area (Å²) in [6, 6.07) is 2.25. The molecule has 0 aliphatic rings. The summed E-state index contributed by atoms with van der Waals surface area (Å²) in [6.45, 7) is 0. The standard InChI is InChI=1S/C11H11F2N3S2/c1-16-9-5-7(13)6(12)4-8(9)15-11(16)18-3-2-10(14)17/h4-5H,2-3H2,1H3,(H2,14,17). The van der Waals surface area contributed by atoms with Gasteiger partial charge in [-0.3, -0.25) is 0 Å². The predicted molar refractivity (Wildman–Crippen MR) is 72.8 cm³/mol. The van der Waals surface area contributed by atoms with Crippen LogP contribution in [0.3, 0.4) is 0 Å². The van der Waals surface area contributed by atoms with Gasteiger partial charge in [0.2, 0.25) is 0 Å². The summed E-state index contributed by atoms with van der Waals surface area (Å²) in [7, 11) is 1.76. The Morgan fingerprint density at radius 2 is 2.11 bits per heavy atom. The van der Waals surface area contributed by atoms with Crippen LogP contribution < -0.4 is 5.73 Å². The molecule has 2 N–H and O–H groups in total. The lowest BCUT2D eigenvalue weighted by Gasteiger charge is -2.01. The molecule has 0 atom stereocenters. The molecular formula is C11H11F2N3S2. The minimum absolute atomic E-state index is 0.439. The second kappa shape index (κ2) is 5.19. The third kappa shape index (κ3) is 2.62. The topological polar surface area (TPSA) is 43.8 Å². The van der Waals surface area contributed by atoms with Crippen molar-refractivity contribution in [3.05, 3.63) is 23.8 Å². The van der Waals surface area contributed by atoms with Gasteiger partial charge in [0.15, 0.2) is 16.8 Å². The largest absolute Gasteiger partial charge is 0.393 e. The number of benzene rings is 1. The molecule has 0 radical (unpaired) electrons. The van der Waals surface area contributed by atoms with Crippen molar-refractivity contribution in [3.8, 4) is 0 Å². The number of fused-ring (bicyclic) bond motifs is 1. The Bertz CT molecular complexity index is 610. The first-order chi connectivity index (χ1) is 8.49. The van der Waals surface area contributed by atoms with E-state index in [-0.39, 0.29) is 0 Å². The van der Waals surface area contributed by atoms with Gasteiger partial charge in [-0.15, -0.1) is 0 Å². The van der Waals surface area contributed by atoms with Crippen molar-refractivity contribution in [1.29, 1.82) is 0 Å². The van der Waals surface area contributed by atoms with Crippen LogP contribution in [0.5, 0.6) is 0 Å². The number of halogens is 2. The monoisotopic (exact) mass is 287 g/mol. The maximum absolute atomic E-state index is 13.1. The van der Waals surface area contributed by atoms with Gasteiger partial charge < -0.3 is 10.3 Å². The zero-order valence-electron chi connectivity index (χ0n) is 9.61. The molecule has 0 bridgehead atoms. The SMILES string of the molecule is Cn1c(SCCC(N)=S)nc2cc(F)c(F)cc21. The molecule has 7 heteroatoms. The van der Waals surface area contributed by atoms with Crippen LogP contribution in [0.15, 0.2) is 17.3 Å². The number of thiocarbonyl (C=S) groups is 1. The van der Waals surface area contributed by atoms with Crippen molar-refractivity contribution in [2.24, 2.45) is 12.8 Å². The summed E-state index contributed by atoms with van der Waals surface area (Å²) in [4.78, 5) is 4.69. The highest BCUT2D eigenvalue weighted by Crippen LogP contribution is 2.25. The van der Waals surface area contributed by atoms with Crippen molar-refractivity contribution in [1.82, 2.24) is 9.55 Å². The molecular weight excluding hydrogens is 276 g/mol. The first kappa shape index (κ1) is 13.2. The molecule has 2 aromatic rings. The van der Waals surface area contributed by atoms with E-state index in [1.807, 2.05) is 0 Å². The predicted octanol–water partition coefficient (Wildman–Crippen LogP) is 2.62. The van der Waals surface area contributed by atoms with Crippen molar-refractivity contribution in [2.45, 2.75) is 11.6 Å². The fourth-order valence-corrected chi connectivity index (χ4v) is 2.73. The second-order valence-electron chi connectivity index (χ2n) is 3.77. The van der Waals surface area contributed by atoms with E-state index in [9.17, 15) is 8.78 Å². The summed E-state index contributed by atoms with van der Waals surface area (Å²) >= 11 is 6.23. The molecule has 96 valence electrons. The molecule has 0 saturated carbocycles. The van der Waals surface area contributed by atoms with Gasteiger partial charge in [-0.2, -0.15) is 0 Å². The molecule has 0 aliphatic heterocycles. The third-order valence-corrected chi connectivity index (χ3v) is 3.70. The van der Waals surface area contributed by atoms with Crippen LogP contribution >= 0.6 is 24.0 Å². The van der Waals surface area contributed by atoms with Crippen molar-refractivity contribution >= 4 is 40.0 Å². The van der Waals surface area contributed by atoms with Gasteiger partial charge >= 0.3 is 0 Å².